The first-order chi connectivity index (χ1) is 8.09. The molecule has 0 amide bonds. The number of nitrogens with zero attached hydrogens (tertiary/aromatic N) is 1. The SMILES string of the molecule is C#CC(C)(CC)OCC(O)CN1CCCCC1.Cl. The Bertz CT molecular complexity index is 261. The minimum atomic E-state index is -0.539. The van der Waals surface area contributed by atoms with E-state index in [1.54, 1.807) is 0 Å². The summed E-state index contributed by atoms with van der Waals surface area (Å²) in [6.07, 6.45) is 9.54. The summed E-state index contributed by atoms with van der Waals surface area (Å²) in [5.41, 5.74) is -0.539. The van der Waals surface area contributed by atoms with Crippen molar-refractivity contribution in [3.63, 3.8) is 0 Å². The van der Waals surface area contributed by atoms with Gasteiger partial charge in [-0.15, -0.1) is 18.8 Å². The zero-order valence-electron chi connectivity index (χ0n) is 11.5. The fourth-order valence-electron chi connectivity index (χ4n) is 2.02. The number of rotatable bonds is 6. The fraction of sp³-hybridized carbons (Fsp3) is 0.857. The van der Waals surface area contributed by atoms with Crippen LogP contribution in [0.5, 0.6) is 0 Å². The Morgan fingerprint density at radius 2 is 2.00 bits per heavy atom. The second-order valence-electron chi connectivity index (χ2n) is 5.05. The molecule has 0 spiro atoms. The maximum absolute atomic E-state index is 9.92. The zero-order valence-corrected chi connectivity index (χ0v) is 12.3. The van der Waals surface area contributed by atoms with Crippen molar-refractivity contribution in [3.05, 3.63) is 0 Å². The van der Waals surface area contributed by atoms with E-state index in [-0.39, 0.29) is 12.4 Å². The Morgan fingerprint density at radius 3 is 2.50 bits per heavy atom. The molecule has 0 bridgehead atoms. The van der Waals surface area contributed by atoms with E-state index in [1.807, 2.05) is 13.8 Å². The molecular formula is C14H26ClNO2. The lowest BCUT2D eigenvalue weighted by Gasteiger charge is -2.30. The number of ether oxygens (including phenoxy) is 1. The molecule has 3 nitrogen and oxygen atoms in total. The summed E-state index contributed by atoms with van der Waals surface area (Å²) in [5.74, 6) is 2.64. The summed E-state index contributed by atoms with van der Waals surface area (Å²) in [6.45, 7) is 7.10. The summed E-state index contributed by atoms with van der Waals surface area (Å²) in [6, 6.07) is 0. The van der Waals surface area contributed by atoms with Crippen LogP contribution in [0.4, 0.5) is 0 Å². The van der Waals surface area contributed by atoms with Crippen molar-refractivity contribution in [2.75, 3.05) is 26.2 Å². The predicted molar refractivity (Wildman–Crippen MR) is 77.0 cm³/mol. The van der Waals surface area contributed by atoms with Crippen LogP contribution in [0.1, 0.15) is 39.5 Å². The van der Waals surface area contributed by atoms with Gasteiger partial charge < -0.3 is 14.7 Å². The quantitative estimate of drug-likeness (QED) is 0.754. The molecule has 1 saturated heterocycles. The predicted octanol–water partition coefficient (Wildman–Crippen LogP) is 2.07. The molecule has 2 atom stereocenters. The van der Waals surface area contributed by atoms with Gasteiger partial charge in [0.05, 0.1) is 12.7 Å². The van der Waals surface area contributed by atoms with Crippen molar-refractivity contribution in [2.45, 2.75) is 51.2 Å². The number of terminal acetylenes is 1. The van der Waals surface area contributed by atoms with Crippen molar-refractivity contribution in [1.82, 2.24) is 4.90 Å². The molecule has 0 radical (unpaired) electrons. The van der Waals surface area contributed by atoms with Gasteiger partial charge in [0, 0.05) is 6.54 Å². The monoisotopic (exact) mass is 275 g/mol. The number of aliphatic hydroxyl groups is 1. The highest BCUT2D eigenvalue weighted by atomic mass is 35.5. The van der Waals surface area contributed by atoms with Crippen LogP contribution < -0.4 is 0 Å². The van der Waals surface area contributed by atoms with Crippen molar-refractivity contribution in [3.8, 4) is 12.3 Å². The lowest BCUT2D eigenvalue weighted by atomic mass is 10.1. The second-order valence-corrected chi connectivity index (χ2v) is 5.05. The minimum Gasteiger partial charge on any atom is -0.389 e. The van der Waals surface area contributed by atoms with Gasteiger partial charge in [-0.25, -0.2) is 0 Å². The zero-order chi connectivity index (χ0) is 12.7. The molecule has 1 fully saturated rings. The van der Waals surface area contributed by atoms with Crippen LogP contribution in [0.25, 0.3) is 0 Å². The minimum absolute atomic E-state index is 0. The van der Waals surface area contributed by atoms with Gasteiger partial charge in [0.15, 0.2) is 0 Å². The Morgan fingerprint density at radius 1 is 1.39 bits per heavy atom. The molecule has 1 rings (SSSR count). The lowest BCUT2D eigenvalue weighted by Crippen LogP contribution is -2.40. The lowest BCUT2D eigenvalue weighted by molar-refractivity contribution is -0.0481. The van der Waals surface area contributed by atoms with E-state index in [4.69, 9.17) is 11.2 Å². The molecule has 1 aliphatic heterocycles. The summed E-state index contributed by atoms with van der Waals surface area (Å²) < 4.78 is 5.62. The number of hydrogen-bond donors (Lipinski definition) is 1. The smallest absolute Gasteiger partial charge is 0.125 e. The fourth-order valence-corrected chi connectivity index (χ4v) is 2.02. The third-order valence-corrected chi connectivity index (χ3v) is 3.49. The molecule has 1 N–H and O–H groups in total. The first kappa shape index (κ1) is 17.7. The average molecular weight is 276 g/mol. The van der Waals surface area contributed by atoms with E-state index in [0.717, 1.165) is 19.5 Å². The Labute approximate surface area is 117 Å². The molecular weight excluding hydrogens is 250 g/mol. The Hall–Kier alpha value is -0.270. The van der Waals surface area contributed by atoms with Crippen LogP contribution >= 0.6 is 12.4 Å². The van der Waals surface area contributed by atoms with E-state index in [1.165, 1.54) is 19.3 Å². The average Bonchev–Trinajstić information content (AvgIpc) is 2.37. The second kappa shape index (κ2) is 8.77. The highest BCUT2D eigenvalue weighted by Gasteiger charge is 2.22. The molecule has 0 saturated carbocycles. The highest BCUT2D eigenvalue weighted by Crippen LogP contribution is 2.14. The topological polar surface area (TPSA) is 32.7 Å². The highest BCUT2D eigenvalue weighted by molar-refractivity contribution is 5.85. The van der Waals surface area contributed by atoms with E-state index in [0.29, 0.717) is 13.2 Å². The van der Waals surface area contributed by atoms with Gasteiger partial charge in [-0.1, -0.05) is 19.3 Å². The number of β-amino-alcohol motifs (C(OH)–C–C–N with tert-alkyl or cyclic N) is 1. The molecule has 1 heterocycles. The molecule has 18 heavy (non-hydrogen) atoms. The van der Waals surface area contributed by atoms with Crippen molar-refractivity contribution in [2.24, 2.45) is 0 Å². The third kappa shape index (κ3) is 6.06. The first-order valence-corrected chi connectivity index (χ1v) is 6.62. The van der Waals surface area contributed by atoms with E-state index >= 15 is 0 Å². The van der Waals surface area contributed by atoms with Gasteiger partial charge >= 0.3 is 0 Å². The summed E-state index contributed by atoms with van der Waals surface area (Å²) >= 11 is 0. The van der Waals surface area contributed by atoms with Gasteiger partial charge in [-0.3, -0.25) is 0 Å². The summed E-state index contributed by atoms with van der Waals surface area (Å²) in [5, 5.41) is 9.92. The van der Waals surface area contributed by atoms with E-state index < -0.39 is 11.7 Å². The molecule has 2 unspecified atom stereocenters. The van der Waals surface area contributed by atoms with Gasteiger partial charge in [-0.05, 0) is 39.3 Å². The van der Waals surface area contributed by atoms with Gasteiger partial charge in [0.2, 0.25) is 0 Å². The van der Waals surface area contributed by atoms with Gasteiger partial charge in [0.25, 0.3) is 0 Å². The molecule has 0 aromatic carbocycles. The van der Waals surface area contributed by atoms with Crippen molar-refractivity contribution >= 4 is 12.4 Å². The molecule has 0 aliphatic carbocycles. The van der Waals surface area contributed by atoms with Crippen LogP contribution in [0, 0.1) is 12.3 Å². The number of piperidine rings is 1. The van der Waals surface area contributed by atoms with Crippen molar-refractivity contribution in [1.29, 1.82) is 0 Å². The molecule has 1 aliphatic rings. The third-order valence-electron chi connectivity index (χ3n) is 3.49. The Balaban J connectivity index is 0.00000289. The standard InChI is InChI=1S/C14H25NO2.ClH/c1-4-14(3,5-2)17-12-13(16)11-15-9-7-6-8-10-15;/h1,13,16H,5-12H2,2-3H3;1H. The van der Waals surface area contributed by atoms with Crippen LogP contribution in [-0.4, -0.2) is 48.0 Å². The van der Waals surface area contributed by atoms with Gasteiger partial charge in [-0.2, -0.15) is 0 Å². The van der Waals surface area contributed by atoms with Crippen LogP contribution in [0.15, 0.2) is 0 Å². The number of halogens is 1. The van der Waals surface area contributed by atoms with Crippen LogP contribution in [-0.2, 0) is 4.74 Å². The normalized spacial score (nSPS) is 21.4. The van der Waals surface area contributed by atoms with Crippen molar-refractivity contribution < 1.29 is 9.84 Å². The van der Waals surface area contributed by atoms with Gasteiger partial charge in [0.1, 0.15) is 5.60 Å². The maximum Gasteiger partial charge on any atom is 0.125 e. The number of hydrogen-bond acceptors (Lipinski definition) is 3. The molecule has 106 valence electrons. The largest absolute Gasteiger partial charge is 0.389 e. The van der Waals surface area contributed by atoms with E-state index in [2.05, 4.69) is 10.8 Å². The summed E-state index contributed by atoms with van der Waals surface area (Å²) in [7, 11) is 0. The number of likely N-dealkylation sites (tertiary alicyclic amines) is 1. The maximum atomic E-state index is 9.92. The van der Waals surface area contributed by atoms with Crippen LogP contribution in [0.2, 0.25) is 0 Å². The molecule has 4 heteroatoms. The number of aliphatic hydroxyl groups excluding tert-OH is 1. The Kier molecular flexibility index (Phi) is 8.64. The molecule has 0 aromatic rings. The van der Waals surface area contributed by atoms with Crippen LogP contribution in [0.3, 0.4) is 0 Å². The first-order valence-electron chi connectivity index (χ1n) is 6.62. The molecule has 0 aromatic heterocycles. The summed E-state index contributed by atoms with van der Waals surface area (Å²) in [4.78, 5) is 2.30. The van der Waals surface area contributed by atoms with E-state index in [9.17, 15) is 5.11 Å².